The van der Waals surface area contributed by atoms with Crippen molar-refractivity contribution in [2.45, 2.75) is 45.3 Å². The number of nitrogens with zero attached hydrogens (tertiary/aromatic N) is 1. The number of nitrogens with one attached hydrogen (secondary N) is 1. The van der Waals surface area contributed by atoms with Gasteiger partial charge >= 0.3 is 0 Å². The average Bonchev–Trinajstić information content (AvgIpc) is 3.13. The van der Waals surface area contributed by atoms with E-state index in [2.05, 4.69) is 24.1 Å². The molecule has 0 aromatic carbocycles. The highest BCUT2D eigenvalue weighted by Crippen LogP contribution is 2.32. The molecular weight excluding hydrogens is 200 g/mol. The standard InChI is InChI=1S/C13H26N2O/c1-3-13-10-15(8-9-16-13)7-6-14-11(2)12-4-5-12/h11-14H,3-10H2,1-2H3. The summed E-state index contributed by atoms with van der Waals surface area (Å²) in [4.78, 5) is 2.53. The van der Waals surface area contributed by atoms with Gasteiger partial charge in [-0.25, -0.2) is 0 Å². The van der Waals surface area contributed by atoms with Gasteiger partial charge in [0, 0.05) is 32.2 Å². The van der Waals surface area contributed by atoms with Gasteiger partial charge in [-0.2, -0.15) is 0 Å². The minimum Gasteiger partial charge on any atom is -0.376 e. The summed E-state index contributed by atoms with van der Waals surface area (Å²) in [5, 5.41) is 3.64. The SMILES string of the molecule is CCC1CN(CCNC(C)C2CC2)CCO1. The fourth-order valence-corrected chi connectivity index (χ4v) is 2.44. The van der Waals surface area contributed by atoms with Crippen molar-refractivity contribution in [3.8, 4) is 0 Å². The minimum atomic E-state index is 0.467. The summed E-state index contributed by atoms with van der Waals surface area (Å²) < 4.78 is 5.67. The van der Waals surface area contributed by atoms with Crippen molar-refractivity contribution in [1.29, 1.82) is 0 Å². The second kappa shape index (κ2) is 5.99. The number of hydrogen-bond acceptors (Lipinski definition) is 3. The summed E-state index contributed by atoms with van der Waals surface area (Å²) in [6, 6.07) is 0.725. The summed E-state index contributed by atoms with van der Waals surface area (Å²) in [5.41, 5.74) is 0. The van der Waals surface area contributed by atoms with E-state index in [0.29, 0.717) is 6.10 Å². The van der Waals surface area contributed by atoms with Crippen molar-refractivity contribution in [2.75, 3.05) is 32.8 Å². The van der Waals surface area contributed by atoms with Crippen LogP contribution in [0.2, 0.25) is 0 Å². The maximum Gasteiger partial charge on any atom is 0.0700 e. The molecule has 0 aromatic heterocycles. The molecule has 0 spiro atoms. The van der Waals surface area contributed by atoms with Gasteiger partial charge in [-0.3, -0.25) is 4.90 Å². The lowest BCUT2D eigenvalue weighted by Gasteiger charge is -2.32. The van der Waals surface area contributed by atoms with Crippen LogP contribution in [-0.2, 0) is 4.74 Å². The summed E-state index contributed by atoms with van der Waals surface area (Å²) in [7, 11) is 0. The Balaban J connectivity index is 1.57. The van der Waals surface area contributed by atoms with E-state index in [1.54, 1.807) is 0 Å². The van der Waals surface area contributed by atoms with Crippen LogP contribution < -0.4 is 5.32 Å². The summed E-state index contributed by atoms with van der Waals surface area (Å²) in [6.07, 6.45) is 4.48. The van der Waals surface area contributed by atoms with E-state index >= 15 is 0 Å². The molecule has 1 aliphatic carbocycles. The molecule has 0 bridgehead atoms. The van der Waals surface area contributed by atoms with E-state index in [0.717, 1.165) is 44.6 Å². The van der Waals surface area contributed by atoms with Crippen LogP contribution in [-0.4, -0.2) is 49.8 Å². The van der Waals surface area contributed by atoms with E-state index in [-0.39, 0.29) is 0 Å². The highest BCUT2D eigenvalue weighted by molar-refractivity contribution is 4.83. The lowest BCUT2D eigenvalue weighted by atomic mass is 10.2. The Morgan fingerprint density at radius 3 is 2.94 bits per heavy atom. The zero-order chi connectivity index (χ0) is 11.4. The first kappa shape index (κ1) is 12.3. The minimum absolute atomic E-state index is 0.467. The largest absolute Gasteiger partial charge is 0.376 e. The van der Waals surface area contributed by atoms with Gasteiger partial charge in [0.1, 0.15) is 0 Å². The number of ether oxygens (including phenoxy) is 1. The first-order valence-electron chi connectivity index (χ1n) is 6.87. The van der Waals surface area contributed by atoms with E-state index in [9.17, 15) is 0 Å². The highest BCUT2D eigenvalue weighted by Gasteiger charge is 2.27. The third-order valence-electron chi connectivity index (χ3n) is 3.90. The van der Waals surface area contributed by atoms with Crippen molar-refractivity contribution in [2.24, 2.45) is 5.92 Å². The predicted molar refractivity (Wildman–Crippen MR) is 66.7 cm³/mol. The second-order valence-corrected chi connectivity index (χ2v) is 5.28. The summed E-state index contributed by atoms with van der Waals surface area (Å²) >= 11 is 0. The van der Waals surface area contributed by atoms with E-state index in [1.165, 1.54) is 19.4 Å². The van der Waals surface area contributed by atoms with Crippen LogP contribution in [0.4, 0.5) is 0 Å². The van der Waals surface area contributed by atoms with Crippen molar-refractivity contribution >= 4 is 0 Å². The predicted octanol–water partition coefficient (Wildman–Crippen LogP) is 1.49. The van der Waals surface area contributed by atoms with Crippen LogP contribution in [0.15, 0.2) is 0 Å². The smallest absolute Gasteiger partial charge is 0.0700 e. The molecule has 3 nitrogen and oxygen atoms in total. The monoisotopic (exact) mass is 226 g/mol. The average molecular weight is 226 g/mol. The molecule has 0 amide bonds. The van der Waals surface area contributed by atoms with E-state index in [1.807, 2.05) is 0 Å². The van der Waals surface area contributed by atoms with E-state index < -0.39 is 0 Å². The zero-order valence-corrected chi connectivity index (χ0v) is 10.7. The van der Waals surface area contributed by atoms with Gasteiger partial charge in [0.25, 0.3) is 0 Å². The molecule has 1 heterocycles. The van der Waals surface area contributed by atoms with E-state index in [4.69, 9.17) is 4.74 Å². The highest BCUT2D eigenvalue weighted by atomic mass is 16.5. The van der Waals surface area contributed by atoms with Crippen molar-refractivity contribution in [3.05, 3.63) is 0 Å². The molecule has 2 unspecified atom stereocenters. The second-order valence-electron chi connectivity index (χ2n) is 5.28. The van der Waals surface area contributed by atoms with Crippen LogP contribution in [0.25, 0.3) is 0 Å². The maximum atomic E-state index is 5.67. The Morgan fingerprint density at radius 2 is 2.25 bits per heavy atom. The van der Waals surface area contributed by atoms with Gasteiger partial charge in [-0.15, -0.1) is 0 Å². The topological polar surface area (TPSA) is 24.5 Å². The van der Waals surface area contributed by atoms with Crippen LogP contribution in [0.3, 0.4) is 0 Å². The van der Waals surface area contributed by atoms with Gasteiger partial charge in [-0.05, 0) is 32.1 Å². The first-order chi connectivity index (χ1) is 7.79. The fraction of sp³-hybridized carbons (Fsp3) is 1.00. The van der Waals surface area contributed by atoms with Crippen LogP contribution in [0, 0.1) is 5.92 Å². The quantitative estimate of drug-likeness (QED) is 0.742. The molecule has 1 aliphatic heterocycles. The van der Waals surface area contributed by atoms with Gasteiger partial charge < -0.3 is 10.1 Å². The molecule has 2 atom stereocenters. The molecule has 2 aliphatic rings. The Kier molecular flexibility index (Phi) is 4.62. The summed E-state index contributed by atoms with van der Waals surface area (Å²) in [6.45, 7) is 9.99. The molecule has 94 valence electrons. The molecule has 16 heavy (non-hydrogen) atoms. The zero-order valence-electron chi connectivity index (χ0n) is 10.7. The molecule has 3 heteroatoms. The lowest BCUT2D eigenvalue weighted by Crippen LogP contribution is -2.45. The molecular formula is C13H26N2O. The molecule has 2 rings (SSSR count). The molecule has 1 saturated heterocycles. The van der Waals surface area contributed by atoms with Crippen molar-refractivity contribution < 1.29 is 4.74 Å². The van der Waals surface area contributed by atoms with Gasteiger partial charge in [0.05, 0.1) is 12.7 Å². The molecule has 1 saturated carbocycles. The number of hydrogen-bond donors (Lipinski definition) is 1. The molecule has 0 aromatic rings. The first-order valence-corrected chi connectivity index (χ1v) is 6.87. The molecule has 0 radical (unpaired) electrons. The van der Waals surface area contributed by atoms with Crippen LogP contribution in [0.5, 0.6) is 0 Å². The van der Waals surface area contributed by atoms with Crippen LogP contribution in [0.1, 0.15) is 33.1 Å². The molecule has 1 N–H and O–H groups in total. The van der Waals surface area contributed by atoms with Crippen molar-refractivity contribution in [3.63, 3.8) is 0 Å². The van der Waals surface area contributed by atoms with Gasteiger partial charge in [0.2, 0.25) is 0 Å². The third kappa shape index (κ3) is 3.72. The number of rotatable bonds is 6. The lowest BCUT2D eigenvalue weighted by molar-refractivity contribution is -0.0292. The normalized spacial score (nSPS) is 29.2. The van der Waals surface area contributed by atoms with Crippen molar-refractivity contribution in [1.82, 2.24) is 10.2 Å². The van der Waals surface area contributed by atoms with Gasteiger partial charge in [-0.1, -0.05) is 6.92 Å². The van der Waals surface area contributed by atoms with Crippen LogP contribution >= 0.6 is 0 Å². The summed E-state index contributed by atoms with van der Waals surface area (Å²) in [5.74, 6) is 0.966. The Bertz CT molecular complexity index is 206. The maximum absolute atomic E-state index is 5.67. The Labute approximate surface area is 99.5 Å². The Morgan fingerprint density at radius 1 is 1.44 bits per heavy atom. The van der Waals surface area contributed by atoms with Gasteiger partial charge in [0.15, 0.2) is 0 Å². The Hall–Kier alpha value is -0.120. The molecule has 2 fully saturated rings. The number of morpholine rings is 1. The third-order valence-corrected chi connectivity index (χ3v) is 3.90. The fourth-order valence-electron chi connectivity index (χ4n) is 2.44.